The molecule has 0 bridgehead atoms. The van der Waals surface area contributed by atoms with Crippen LogP contribution in [0.25, 0.3) is 0 Å². The van der Waals surface area contributed by atoms with Gasteiger partial charge >= 0.3 is 0 Å². The van der Waals surface area contributed by atoms with Crippen LogP contribution in [0, 0.1) is 0 Å². The summed E-state index contributed by atoms with van der Waals surface area (Å²) in [5, 5.41) is 8.81. The Labute approximate surface area is 79.4 Å². The van der Waals surface area contributed by atoms with Gasteiger partial charge in [0.15, 0.2) is 0 Å². The molecule has 2 nitrogen and oxygen atoms in total. The van der Waals surface area contributed by atoms with E-state index < -0.39 is 0 Å². The van der Waals surface area contributed by atoms with Gasteiger partial charge in [0, 0.05) is 6.04 Å². The van der Waals surface area contributed by atoms with Crippen molar-refractivity contribution in [2.75, 3.05) is 6.61 Å². The molecule has 2 heteroatoms. The second-order valence-corrected chi connectivity index (χ2v) is 3.49. The molecule has 1 aromatic carbocycles. The van der Waals surface area contributed by atoms with Crippen molar-refractivity contribution >= 4 is 0 Å². The monoisotopic (exact) mass is 179 g/mol. The average Bonchev–Trinajstić information content (AvgIpc) is 2.19. The highest BCUT2D eigenvalue weighted by Crippen LogP contribution is 2.19. The first-order valence-electron chi connectivity index (χ1n) is 4.65. The Morgan fingerprint density at radius 3 is 2.46 bits per heavy atom. The van der Waals surface area contributed by atoms with Gasteiger partial charge in [0.05, 0.1) is 6.61 Å². The van der Waals surface area contributed by atoms with Crippen molar-refractivity contribution in [3.05, 3.63) is 35.9 Å². The third kappa shape index (κ3) is 3.17. The third-order valence-corrected chi connectivity index (χ3v) is 2.26. The molecule has 0 radical (unpaired) electrons. The first-order valence-corrected chi connectivity index (χ1v) is 4.65. The van der Waals surface area contributed by atoms with Crippen LogP contribution < -0.4 is 5.73 Å². The van der Waals surface area contributed by atoms with E-state index in [1.165, 1.54) is 5.56 Å². The van der Waals surface area contributed by atoms with Crippen molar-refractivity contribution in [2.24, 2.45) is 5.73 Å². The van der Waals surface area contributed by atoms with E-state index in [0.717, 1.165) is 6.42 Å². The minimum atomic E-state index is -0.102. The summed E-state index contributed by atoms with van der Waals surface area (Å²) >= 11 is 0. The highest BCUT2D eigenvalue weighted by molar-refractivity contribution is 5.18. The smallest absolute Gasteiger partial charge is 0.0582 e. The lowest BCUT2D eigenvalue weighted by atomic mass is 9.95. The van der Waals surface area contributed by atoms with Gasteiger partial charge in [-0.15, -0.1) is 0 Å². The fourth-order valence-electron chi connectivity index (χ4n) is 1.45. The van der Waals surface area contributed by atoms with Crippen LogP contribution in [-0.2, 0) is 0 Å². The maximum absolute atomic E-state index is 8.81. The molecule has 0 fully saturated rings. The Morgan fingerprint density at radius 1 is 1.31 bits per heavy atom. The van der Waals surface area contributed by atoms with Gasteiger partial charge in [-0.25, -0.2) is 0 Å². The van der Waals surface area contributed by atoms with Crippen LogP contribution in [0.4, 0.5) is 0 Å². The molecule has 0 saturated heterocycles. The summed E-state index contributed by atoms with van der Waals surface area (Å²) in [6.45, 7) is 2.20. The summed E-state index contributed by atoms with van der Waals surface area (Å²) in [5.74, 6) is 0.420. The molecule has 2 atom stereocenters. The highest BCUT2D eigenvalue weighted by atomic mass is 16.3. The molecule has 3 N–H and O–H groups in total. The summed E-state index contributed by atoms with van der Waals surface area (Å²) in [7, 11) is 0. The van der Waals surface area contributed by atoms with E-state index in [9.17, 15) is 0 Å². The summed E-state index contributed by atoms with van der Waals surface area (Å²) < 4.78 is 0. The lowest BCUT2D eigenvalue weighted by molar-refractivity contribution is 0.255. The lowest BCUT2D eigenvalue weighted by Gasteiger charge is -2.15. The van der Waals surface area contributed by atoms with Crippen LogP contribution in [0.5, 0.6) is 0 Å². The Bertz CT molecular complexity index is 235. The van der Waals surface area contributed by atoms with Gasteiger partial charge in [-0.1, -0.05) is 37.3 Å². The number of aliphatic hydroxyl groups is 1. The predicted octanol–water partition coefficient (Wildman–Crippen LogP) is 1.50. The number of rotatable bonds is 4. The van der Waals surface area contributed by atoms with E-state index in [1.54, 1.807) is 0 Å². The molecular weight excluding hydrogens is 162 g/mol. The van der Waals surface area contributed by atoms with Crippen molar-refractivity contribution in [1.29, 1.82) is 0 Å². The van der Waals surface area contributed by atoms with E-state index in [4.69, 9.17) is 10.8 Å². The van der Waals surface area contributed by atoms with Gasteiger partial charge < -0.3 is 10.8 Å². The Kier molecular flexibility index (Phi) is 3.93. The zero-order valence-corrected chi connectivity index (χ0v) is 7.98. The van der Waals surface area contributed by atoms with Crippen LogP contribution in [0.3, 0.4) is 0 Å². The second kappa shape index (κ2) is 5.00. The van der Waals surface area contributed by atoms with Crippen LogP contribution in [-0.4, -0.2) is 17.8 Å². The Morgan fingerprint density at radius 2 is 1.92 bits per heavy atom. The van der Waals surface area contributed by atoms with Crippen molar-refractivity contribution < 1.29 is 5.11 Å². The van der Waals surface area contributed by atoms with Crippen molar-refractivity contribution in [3.8, 4) is 0 Å². The standard InChI is InChI=1S/C11H17NO/c1-9(7-11(12)8-13)10-5-3-2-4-6-10/h2-6,9,11,13H,7-8,12H2,1H3. The fraction of sp³-hybridized carbons (Fsp3) is 0.455. The van der Waals surface area contributed by atoms with E-state index in [-0.39, 0.29) is 12.6 Å². The molecule has 0 aromatic heterocycles. The molecule has 72 valence electrons. The molecule has 0 heterocycles. The zero-order valence-electron chi connectivity index (χ0n) is 7.98. The Balaban J connectivity index is 2.53. The number of aliphatic hydroxyl groups excluding tert-OH is 1. The quantitative estimate of drug-likeness (QED) is 0.735. The maximum atomic E-state index is 8.81. The minimum Gasteiger partial charge on any atom is -0.395 e. The van der Waals surface area contributed by atoms with E-state index in [1.807, 2.05) is 18.2 Å². The van der Waals surface area contributed by atoms with E-state index in [2.05, 4.69) is 19.1 Å². The largest absolute Gasteiger partial charge is 0.395 e. The lowest BCUT2D eigenvalue weighted by Crippen LogP contribution is -2.26. The molecule has 0 amide bonds. The molecule has 0 aliphatic heterocycles. The van der Waals surface area contributed by atoms with Gasteiger partial charge in [-0.05, 0) is 17.9 Å². The molecular formula is C11H17NO. The Hall–Kier alpha value is -0.860. The van der Waals surface area contributed by atoms with Crippen molar-refractivity contribution in [2.45, 2.75) is 25.3 Å². The average molecular weight is 179 g/mol. The molecule has 2 unspecified atom stereocenters. The number of benzene rings is 1. The summed E-state index contributed by atoms with van der Waals surface area (Å²) in [4.78, 5) is 0. The normalized spacial score (nSPS) is 15.3. The zero-order chi connectivity index (χ0) is 9.68. The van der Waals surface area contributed by atoms with Gasteiger partial charge in [0.1, 0.15) is 0 Å². The summed E-state index contributed by atoms with van der Waals surface area (Å²) in [6, 6.07) is 10.1. The van der Waals surface area contributed by atoms with E-state index >= 15 is 0 Å². The summed E-state index contributed by atoms with van der Waals surface area (Å²) in [6.07, 6.45) is 0.834. The van der Waals surface area contributed by atoms with Crippen molar-refractivity contribution in [3.63, 3.8) is 0 Å². The van der Waals surface area contributed by atoms with Gasteiger partial charge in [0.2, 0.25) is 0 Å². The highest BCUT2D eigenvalue weighted by Gasteiger charge is 2.09. The molecule has 1 aromatic rings. The van der Waals surface area contributed by atoms with Crippen LogP contribution in [0.1, 0.15) is 24.8 Å². The second-order valence-electron chi connectivity index (χ2n) is 3.49. The van der Waals surface area contributed by atoms with Crippen LogP contribution in [0.2, 0.25) is 0 Å². The van der Waals surface area contributed by atoms with Gasteiger partial charge in [0.25, 0.3) is 0 Å². The number of hydrogen-bond donors (Lipinski definition) is 2. The number of nitrogens with two attached hydrogens (primary N) is 1. The fourth-order valence-corrected chi connectivity index (χ4v) is 1.45. The molecule has 1 rings (SSSR count). The minimum absolute atomic E-state index is 0.0666. The molecule has 0 aliphatic rings. The molecule has 0 spiro atoms. The summed E-state index contributed by atoms with van der Waals surface area (Å²) in [5.41, 5.74) is 6.94. The third-order valence-electron chi connectivity index (χ3n) is 2.26. The predicted molar refractivity (Wildman–Crippen MR) is 54.5 cm³/mol. The topological polar surface area (TPSA) is 46.2 Å². The van der Waals surface area contributed by atoms with Gasteiger partial charge in [-0.3, -0.25) is 0 Å². The molecule has 0 aliphatic carbocycles. The van der Waals surface area contributed by atoms with Gasteiger partial charge in [-0.2, -0.15) is 0 Å². The SMILES string of the molecule is CC(CC(N)CO)c1ccccc1. The van der Waals surface area contributed by atoms with Crippen LogP contribution in [0.15, 0.2) is 30.3 Å². The van der Waals surface area contributed by atoms with Crippen molar-refractivity contribution in [1.82, 2.24) is 0 Å². The molecule has 0 saturated carbocycles. The maximum Gasteiger partial charge on any atom is 0.0582 e. The van der Waals surface area contributed by atoms with E-state index in [0.29, 0.717) is 5.92 Å². The van der Waals surface area contributed by atoms with Crippen LogP contribution >= 0.6 is 0 Å². The number of hydrogen-bond acceptors (Lipinski definition) is 2. The molecule has 13 heavy (non-hydrogen) atoms. The first-order chi connectivity index (χ1) is 6.24. The first kappa shape index (κ1) is 10.2.